The van der Waals surface area contributed by atoms with Gasteiger partial charge in [0, 0.05) is 11.4 Å². The molecule has 120 valence electrons. The third kappa shape index (κ3) is 2.31. The Morgan fingerprint density at radius 2 is 1.96 bits per heavy atom. The quantitative estimate of drug-likeness (QED) is 0.923. The number of aliphatic carboxylic acids is 1. The third-order valence-corrected chi connectivity index (χ3v) is 5.24. The number of carboxylic acids is 1. The van der Waals surface area contributed by atoms with Crippen molar-refractivity contribution in [3.05, 3.63) is 36.1 Å². The second-order valence-corrected chi connectivity index (χ2v) is 6.56. The van der Waals surface area contributed by atoms with Crippen molar-refractivity contribution in [1.29, 1.82) is 0 Å². The summed E-state index contributed by atoms with van der Waals surface area (Å²) in [5.74, 6) is -0.659. The van der Waals surface area contributed by atoms with Crippen molar-refractivity contribution < 1.29 is 19.1 Å². The number of para-hydroxylation sites is 1. The van der Waals surface area contributed by atoms with Crippen LogP contribution in [0.25, 0.3) is 11.0 Å². The van der Waals surface area contributed by atoms with E-state index in [2.05, 4.69) is 0 Å². The Morgan fingerprint density at radius 3 is 2.74 bits per heavy atom. The minimum Gasteiger partial charge on any atom is -0.480 e. The monoisotopic (exact) mass is 313 g/mol. The second kappa shape index (κ2) is 5.41. The standard InChI is InChI=1S/C18H19NO4/c20-17(16-10-12-6-2-4-8-15(12)23-16)19-13-7-3-1-5-11(13)9-14(19)18(21)22/h2,4,6,8,10-11,13-14H,1,3,5,7,9H2,(H,21,22). The van der Waals surface area contributed by atoms with Crippen LogP contribution in [0.3, 0.4) is 0 Å². The summed E-state index contributed by atoms with van der Waals surface area (Å²) in [6.07, 6.45) is 4.64. The van der Waals surface area contributed by atoms with Crippen molar-refractivity contribution in [1.82, 2.24) is 4.90 Å². The number of carbonyl (C=O) groups excluding carboxylic acids is 1. The molecule has 3 atom stereocenters. The van der Waals surface area contributed by atoms with Crippen LogP contribution in [0.15, 0.2) is 34.7 Å². The van der Waals surface area contributed by atoms with Crippen LogP contribution in [0.4, 0.5) is 0 Å². The number of fused-ring (bicyclic) bond motifs is 2. The SMILES string of the molecule is O=C(O)C1CC2CCCCC2N1C(=O)c1cc2ccccc2o1. The van der Waals surface area contributed by atoms with Crippen LogP contribution in [-0.4, -0.2) is 34.0 Å². The first-order valence-corrected chi connectivity index (χ1v) is 8.19. The minimum absolute atomic E-state index is 0.0329. The van der Waals surface area contributed by atoms with E-state index in [0.29, 0.717) is 17.9 Å². The zero-order valence-electron chi connectivity index (χ0n) is 12.8. The highest BCUT2D eigenvalue weighted by Gasteiger charge is 2.48. The van der Waals surface area contributed by atoms with Gasteiger partial charge >= 0.3 is 5.97 Å². The highest BCUT2D eigenvalue weighted by Crippen LogP contribution is 2.40. The molecule has 2 aromatic rings. The number of carboxylic acid groups (broad SMARTS) is 1. The van der Waals surface area contributed by atoms with Gasteiger partial charge in [0.25, 0.3) is 5.91 Å². The van der Waals surface area contributed by atoms with Crippen molar-refractivity contribution in [2.24, 2.45) is 5.92 Å². The van der Waals surface area contributed by atoms with Gasteiger partial charge in [-0.3, -0.25) is 4.79 Å². The number of benzene rings is 1. The Kier molecular flexibility index (Phi) is 3.36. The number of hydrogen-bond acceptors (Lipinski definition) is 3. The molecule has 2 aliphatic rings. The fourth-order valence-corrected chi connectivity index (χ4v) is 4.19. The van der Waals surface area contributed by atoms with Gasteiger partial charge in [0.2, 0.25) is 0 Å². The van der Waals surface area contributed by atoms with Crippen LogP contribution in [0, 0.1) is 5.92 Å². The van der Waals surface area contributed by atoms with Gasteiger partial charge in [-0.1, -0.05) is 31.0 Å². The molecule has 1 N–H and O–H groups in total. The molecule has 1 aromatic carbocycles. The van der Waals surface area contributed by atoms with Crippen molar-refractivity contribution in [2.45, 2.75) is 44.2 Å². The first-order valence-electron chi connectivity index (χ1n) is 8.19. The topological polar surface area (TPSA) is 70.8 Å². The molecule has 5 nitrogen and oxygen atoms in total. The summed E-state index contributed by atoms with van der Waals surface area (Å²) in [4.78, 5) is 26.2. The average molecular weight is 313 g/mol. The van der Waals surface area contributed by atoms with E-state index in [9.17, 15) is 14.7 Å². The van der Waals surface area contributed by atoms with E-state index in [1.54, 1.807) is 11.0 Å². The lowest BCUT2D eigenvalue weighted by Crippen LogP contribution is -2.46. The summed E-state index contributed by atoms with van der Waals surface area (Å²) in [5, 5.41) is 10.4. The molecule has 0 bridgehead atoms. The molecule has 5 heteroatoms. The summed E-state index contributed by atoms with van der Waals surface area (Å²) in [6, 6.07) is 8.46. The zero-order chi connectivity index (χ0) is 16.0. The largest absolute Gasteiger partial charge is 0.480 e. The third-order valence-electron chi connectivity index (χ3n) is 5.24. The van der Waals surface area contributed by atoms with Crippen molar-refractivity contribution in [3.8, 4) is 0 Å². The van der Waals surface area contributed by atoms with E-state index in [1.807, 2.05) is 24.3 Å². The molecule has 1 saturated carbocycles. The molecule has 1 aliphatic carbocycles. The summed E-state index contributed by atoms with van der Waals surface area (Å²) >= 11 is 0. The maximum atomic E-state index is 13.0. The molecule has 1 saturated heterocycles. The molecule has 1 aromatic heterocycles. The van der Waals surface area contributed by atoms with Gasteiger partial charge in [-0.15, -0.1) is 0 Å². The summed E-state index contributed by atoms with van der Waals surface area (Å²) < 4.78 is 5.67. The average Bonchev–Trinajstić information content (AvgIpc) is 3.15. The lowest BCUT2D eigenvalue weighted by atomic mass is 9.84. The van der Waals surface area contributed by atoms with E-state index in [0.717, 1.165) is 31.1 Å². The normalized spacial score (nSPS) is 27.1. The molecule has 1 amide bonds. The van der Waals surface area contributed by atoms with Gasteiger partial charge in [0.1, 0.15) is 11.6 Å². The molecular weight excluding hydrogens is 294 g/mol. The van der Waals surface area contributed by atoms with Gasteiger partial charge in [0.05, 0.1) is 0 Å². The molecule has 0 radical (unpaired) electrons. The maximum Gasteiger partial charge on any atom is 0.326 e. The van der Waals surface area contributed by atoms with E-state index in [-0.39, 0.29) is 17.7 Å². The van der Waals surface area contributed by atoms with Crippen LogP contribution in [0.1, 0.15) is 42.7 Å². The number of carbonyl (C=O) groups is 2. The molecular formula is C18H19NO4. The molecule has 0 spiro atoms. The molecule has 23 heavy (non-hydrogen) atoms. The van der Waals surface area contributed by atoms with Gasteiger partial charge in [-0.2, -0.15) is 0 Å². The van der Waals surface area contributed by atoms with Gasteiger partial charge in [-0.25, -0.2) is 4.79 Å². The van der Waals surface area contributed by atoms with Crippen LogP contribution in [-0.2, 0) is 4.79 Å². The molecule has 2 fully saturated rings. The lowest BCUT2D eigenvalue weighted by molar-refractivity contribution is -0.141. The minimum atomic E-state index is -0.913. The summed E-state index contributed by atoms with van der Waals surface area (Å²) in [6.45, 7) is 0. The number of hydrogen-bond donors (Lipinski definition) is 1. The second-order valence-electron chi connectivity index (χ2n) is 6.56. The predicted molar refractivity (Wildman–Crippen MR) is 84.2 cm³/mol. The van der Waals surface area contributed by atoms with Gasteiger partial charge in [0.15, 0.2) is 5.76 Å². The number of amides is 1. The van der Waals surface area contributed by atoms with Gasteiger partial charge in [-0.05, 0) is 37.3 Å². The van der Waals surface area contributed by atoms with E-state index in [4.69, 9.17) is 4.42 Å². The highest BCUT2D eigenvalue weighted by atomic mass is 16.4. The van der Waals surface area contributed by atoms with Crippen molar-refractivity contribution in [2.75, 3.05) is 0 Å². The van der Waals surface area contributed by atoms with Crippen molar-refractivity contribution >= 4 is 22.8 Å². The Hall–Kier alpha value is -2.30. The smallest absolute Gasteiger partial charge is 0.326 e. The van der Waals surface area contributed by atoms with Crippen LogP contribution >= 0.6 is 0 Å². The van der Waals surface area contributed by atoms with Crippen LogP contribution < -0.4 is 0 Å². The Balaban J connectivity index is 1.70. The van der Waals surface area contributed by atoms with Crippen LogP contribution in [0.2, 0.25) is 0 Å². The fraction of sp³-hybridized carbons (Fsp3) is 0.444. The van der Waals surface area contributed by atoms with Crippen molar-refractivity contribution in [3.63, 3.8) is 0 Å². The molecule has 1 aliphatic heterocycles. The van der Waals surface area contributed by atoms with E-state index >= 15 is 0 Å². The van der Waals surface area contributed by atoms with E-state index in [1.165, 1.54) is 0 Å². The van der Waals surface area contributed by atoms with E-state index < -0.39 is 12.0 Å². The summed E-state index contributed by atoms with van der Waals surface area (Å²) in [5.41, 5.74) is 0.655. The summed E-state index contributed by atoms with van der Waals surface area (Å²) in [7, 11) is 0. The number of furan rings is 1. The first-order chi connectivity index (χ1) is 11.1. The highest BCUT2D eigenvalue weighted by molar-refractivity contribution is 5.98. The first kappa shape index (κ1) is 14.3. The Morgan fingerprint density at radius 1 is 1.17 bits per heavy atom. The van der Waals surface area contributed by atoms with Gasteiger partial charge < -0.3 is 14.4 Å². The zero-order valence-corrected chi connectivity index (χ0v) is 12.8. The number of rotatable bonds is 2. The molecule has 2 heterocycles. The maximum absolute atomic E-state index is 13.0. The van der Waals surface area contributed by atoms with Crippen LogP contribution in [0.5, 0.6) is 0 Å². The number of likely N-dealkylation sites (tertiary alicyclic amines) is 1. The lowest BCUT2D eigenvalue weighted by Gasteiger charge is -2.32. The number of nitrogens with zero attached hydrogens (tertiary/aromatic N) is 1. The Labute approximate surface area is 133 Å². The molecule has 4 rings (SSSR count). The molecule has 3 unspecified atom stereocenters. The predicted octanol–water partition coefficient (Wildman–Crippen LogP) is 3.29. The Bertz CT molecular complexity index is 732. The fourth-order valence-electron chi connectivity index (χ4n) is 4.19.